The van der Waals surface area contributed by atoms with Crippen molar-refractivity contribution >= 4 is 16.1 Å². The van der Waals surface area contributed by atoms with E-state index in [0.29, 0.717) is 24.0 Å². The Hall–Kier alpha value is -3.20. The van der Waals surface area contributed by atoms with Crippen molar-refractivity contribution in [2.45, 2.75) is 55.6 Å². The van der Waals surface area contributed by atoms with Crippen LogP contribution in [0.3, 0.4) is 0 Å². The average Bonchev–Trinajstić information content (AvgIpc) is 3.86. The highest BCUT2D eigenvalue weighted by molar-refractivity contribution is 7.89. The van der Waals surface area contributed by atoms with Crippen molar-refractivity contribution in [1.82, 2.24) is 14.1 Å². The number of likely N-dealkylation sites (tertiary alicyclic amines) is 1. The van der Waals surface area contributed by atoms with E-state index in [4.69, 9.17) is 4.74 Å². The third kappa shape index (κ3) is 8.21. The Balaban J connectivity index is 1.16. The van der Waals surface area contributed by atoms with Gasteiger partial charge in [-0.05, 0) is 73.7 Å². The van der Waals surface area contributed by atoms with Gasteiger partial charge in [0.25, 0.3) is 0 Å². The molecule has 1 aliphatic heterocycles. The van der Waals surface area contributed by atoms with Crippen molar-refractivity contribution in [3.05, 3.63) is 102 Å². The molecule has 1 saturated heterocycles. The number of sulfonamides is 1. The molecule has 1 amide bonds. The minimum absolute atomic E-state index is 0.0757. The largest absolute Gasteiger partial charge is 0.445 e. The number of rotatable bonds is 13. The Kier molecular flexibility index (Phi) is 10.3. The molecular weight excluding hydrogens is 546 g/mol. The number of benzene rings is 3. The van der Waals surface area contributed by atoms with E-state index < -0.39 is 10.0 Å². The van der Waals surface area contributed by atoms with Crippen LogP contribution in [-0.2, 0) is 21.4 Å². The van der Waals surface area contributed by atoms with Crippen molar-refractivity contribution in [2.75, 3.05) is 39.8 Å². The molecule has 42 heavy (non-hydrogen) atoms. The highest BCUT2D eigenvalue weighted by Gasteiger charge is 2.34. The molecule has 8 heteroatoms. The molecule has 0 spiro atoms. The van der Waals surface area contributed by atoms with Gasteiger partial charge in [-0.25, -0.2) is 17.5 Å². The van der Waals surface area contributed by atoms with E-state index in [1.807, 2.05) is 59.5 Å². The van der Waals surface area contributed by atoms with E-state index in [9.17, 15) is 13.2 Å². The molecule has 0 aromatic heterocycles. The lowest BCUT2D eigenvalue weighted by Gasteiger charge is -2.38. The van der Waals surface area contributed by atoms with Crippen molar-refractivity contribution in [1.29, 1.82) is 0 Å². The van der Waals surface area contributed by atoms with Gasteiger partial charge in [-0.3, -0.25) is 0 Å². The van der Waals surface area contributed by atoms with Gasteiger partial charge in [0, 0.05) is 39.3 Å². The third-order valence-corrected chi connectivity index (χ3v) is 10.4. The van der Waals surface area contributed by atoms with Gasteiger partial charge >= 0.3 is 6.09 Å². The first-order valence-corrected chi connectivity index (χ1v) is 16.6. The Morgan fingerprint density at radius 2 is 1.48 bits per heavy atom. The molecule has 3 aromatic carbocycles. The van der Waals surface area contributed by atoms with Crippen LogP contribution in [0.25, 0.3) is 0 Å². The predicted molar refractivity (Wildman–Crippen MR) is 166 cm³/mol. The molecule has 0 radical (unpaired) electrons. The fourth-order valence-corrected chi connectivity index (χ4v) is 7.05. The van der Waals surface area contributed by atoms with Crippen LogP contribution in [0.1, 0.15) is 49.1 Å². The maximum atomic E-state index is 13.2. The summed E-state index contributed by atoms with van der Waals surface area (Å²) < 4.78 is 33.7. The number of hydrogen-bond acceptors (Lipinski definition) is 5. The van der Waals surface area contributed by atoms with Gasteiger partial charge in [-0.2, -0.15) is 0 Å². The van der Waals surface area contributed by atoms with E-state index in [2.05, 4.69) is 17.0 Å². The van der Waals surface area contributed by atoms with Crippen LogP contribution >= 0.6 is 0 Å². The summed E-state index contributed by atoms with van der Waals surface area (Å²) in [5.41, 5.74) is 2.15. The average molecular weight is 590 g/mol. The van der Waals surface area contributed by atoms with E-state index in [0.717, 1.165) is 56.6 Å². The summed E-state index contributed by atoms with van der Waals surface area (Å²) in [6, 6.07) is 28.9. The van der Waals surface area contributed by atoms with Crippen LogP contribution in [0, 0.1) is 5.92 Å². The molecule has 5 rings (SSSR count). The summed E-state index contributed by atoms with van der Waals surface area (Å²) in [5, 5.41) is 0. The Labute approximate surface area is 251 Å². The van der Waals surface area contributed by atoms with Gasteiger partial charge in [0.05, 0.1) is 4.90 Å². The molecule has 1 aliphatic carbocycles. The SMILES string of the molecule is CN(C[C@@H](CCN1CCC(N(CC2CC2)C(=O)OCc2ccccc2)CC1)c1ccccc1)S(=O)(=O)c1ccccc1. The zero-order valence-corrected chi connectivity index (χ0v) is 25.4. The van der Waals surface area contributed by atoms with Crippen LogP contribution in [0.2, 0.25) is 0 Å². The highest BCUT2D eigenvalue weighted by atomic mass is 32.2. The number of piperidine rings is 1. The Bertz CT molecular complexity index is 1360. The minimum atomic E-state index is -3.57. The topological polar surface area (TPSA) is 70.2 Å². The van der Waals surface area contributed by atoms with Crippen molar-refractivity contribution in [2.24, 2.45) is 5.92 Å². The molecule has 0 bridgehead atoms. The number of carbonyl (C=O) groups is 1. The Morgan fingerprint density at radius 3 is 2.10 bits per heavy atom. The third-order valence-electron chi connectivity index (χ3n) is 8.58. The number of likely N-dealkylation sites (N-methyl/N-ethyl adjacent to an activating group) is 1. The second-order valence-corrected chi connectivity index (χ2v) is 13.7. The highest BCUT2D eigenvalue weighted by Crippen LogP contribution is 2.32. The van der Waals surface area contributed by atoms with Crippen LogP contribution < -0.4 is 0 Å². The molecule has 0 N–H and O–H groups in total. The van der Waals surface area contributed by atoms with Gasteiger partial charge in [-0.1, -0.05) is 78.9 Å². The lowest BCUT2D eigenvalue weighted by atomic mass is 9.94. The van der Waals surface area contributed by atoms with E-state index >= 15 is 0 Å². The van der Waals surface area contributed by atoms with Crippen LogP contribution in [0.4, 0.5) is 4.79 Å². The number of carbonyl (C=O) groups excluding carboxylic acids is 1. The molecule has 1 atom stereocenters. The molecule has 3 aromatic rings. The van der Waals surface area contributed by atoms with E-state index in [1.165, 1.54) is 17.1 Å². The summed E-state index contributed by atoms with van der Waals surface area (Å²) >= 11 is 0. The number of amides is 1. The smallest absolute Gasteiger partial charge is 0.410 e. The number of hydrogen-bond donors (Lipinski definition) is 0. The number of ether oxygens (including phenoxy) is 1. The van der Waals surface area contributed by atoms with E-state index in [1.54, 1.807) is 31.3 Å². The zero-order chi connectivity index (χ0) is 29.4. The van der Waals surface area contributed by atoms with Crippen LogP contribution in [0.5, 0.6) is 0 Å². The maximum Gasteiger partial charge on any atom is 0.410 e. The number of nitrogens with zero attached hydrogens (tertiary/aromatic N) is 3. The van der Waals surface area contributed by atoms with Crippen molar-refractivity contribution < 1.29 is 17.9 Å². The fraction of sp³-hybridized carbons (Fsp3) is 0.441. The van der Waals surface area contributed by atoms with Gasteiger partial charge in [0.1, 0.15) is 6.61 Å². The van der Waals surface area contributed by atoms with Crippen LogP contribution in [0.15, 0.2) is 95.9 Å². The first-order valence-electron chi connectivity index (χ1n) is 15.2. The fourth-order valence-electron chi connectivity index (χ4n) is 5.82. The molecule has 7 nitrogen and oxygen atoms in total. The second-order valence-electron chi connectivity index (χ2n) is 11.7. The van der Waals surface area contributed by atoms with E-state index in [-0.39, 0.29) is 18.1 Å². The molecule has 0 unspecified atom stereocenters. The summed E-state index contributed by atoms with van der Waals surface area (Å²) in [5.74, 6) is 0.676. The van der Waals surface area contributed by atoms with Crippen molar-refractivity contribution in [3.63, 3.8) is 0 Å². The van der Waals surface area contributed by atoms with Crippen molar-refractivity contribution in [3.8, 4) is 0 Å². The Morgan fingerprint density at radius 1 is 0.881 bits per heavy atom. The van der Waals surface area contributed by atoms with Gasteiger partial charge in [0.2, 0.25) is 10.0 Å². The minimum Gasteiger partial charge on any atom is -0.445 e. The van der Waals surface area contributed by atoms with Gasteiger partial charge in [-0.15, -0.1) is 0 Å². The monoisotopic (exact) mass is 589 g/mol. The lowest BCUT2D eigenvalue weighted by Crippen LogP contribution is -2.48. The van der Waals surface area contributed by atoms with Gasteiger partial charge < -0.3 is 14.5 Å². The molecule has 1 heterocycles. The quantitative estimate of drug-likeness (QED) is 0.245. The molecule has 2 fully saturated rings. The van der Waals surface area contributed by atoms with Gasteiger partial charge in [0.15, 0.2) is 0 Å². The molecular formula is C34H43N3O4S. The predicted octanol–water partition coefficient (Wildman–Crippen LogP) is 5.99. The molecule has 2 aliphatic rings. The maximum absolute atomic E-state index is 13.2. The molecule has 1 saturated carbocycles. The normalized spacial score (nSPS) is 17.2. The summed E-state index contributed by atoms with van der Waals surface area (Å²) in [4.78, 5) is 17.9. The van der Waals surface area contributed by atoms with Crippen LogP contribution in [-0.4, -0.2) is 74.4 Å². The first kappa shape index (κ1) is 30.3. The zero-order valence-electron chi connectivity index (χ0n) is 24.6. The lowest BCUT2D eigenvalue weighted by molar-refractivity contribution is 0.0580. The summed E-state index contributed by atoms with van der Waals surface area (Å²) in [7, 11) is -1.89. The second kappa shape index (κ2) is 14.3. The standard InChI is InChI=1S/C34H43N3O4S/c1-35(42(39,40)33-15-9-4-10-16-33)26-31(30-13-7-3-8-14-30)19-22-36-23-20-32(21-24-36)37(25-28-17-18-28)34(38)41-27-29-11-5-2-6-12-29/h2-16,28,31-32H,17-27H2,1H3/t31-/m1/s1. The first-order chi connectivity index (χ1) is 20.4. The molecule has 224 valence electrons. The summed E-state index contributed by atoms with van der Waals surface area (Å²) in [6.45, 7) is 4.22. The summed E-state index contributed by atoms with van der Waals surface area (Å²) in [6.07, 6.45) is 4.88.